The van der Waals surface area contributed by atoms with E-state index in [0.717, 1.165) is 32.3 Å². The first-order valence-electron chi connectivity index (χ1n) is 12.1. The van der Waals surface area contributed by atoms with Gasteiger partial charge in [0.25, 0.3) is 0 Å². The molecule has 4 rings (SSSR count). The summed E-state index contributed by atoms with van der Waals surface area (Å²) >= 11 is 0. The summed E-state index contributed by atoms with van der Waals surface area (Å²) < 4.78 is 24.3. The largest absolute Gasteiger partial charge is 0.375 e. The molecule has 0 aromatic rings. The second kappa shape index (κ2) is 7.46. The lowest BCUT2D eigenvalue weighted by Gasteiger charge is -2.40. The molecule has 7 unspecified atom stereocenters. The second-order valence-electron chi connectivity index (χ2n) is 12.0. The Bertz CT molecular complexity index is 602. The molecule has 7 atom stereocenters. The fourth-order valence-corrected chi connectivity index (χ4v) is 5.56. The lowest BCUT2D eigenvalue weighted by atomic mass is 9.72. The average Bonchev–Trinajstić information content (AvgIpc) is 3.55. The number of rotatable bonds is 11. The zero-order valence-corrected chi connectivity index (χ0v) is 19.9. The highest BCUT2D eigenvalue weighted by Gasteiger charge is 2.58. The van der Waals surface area contributed by atoms with E-state index < -0.39 is 0 Å². The number of fused-ring (bicyclic) bond motifs is 1. The number of epoxide rings is 3. The van der Waals surface area contributed by atoms with Gasteiger partial charge in [-0.15, -0.1) is 0 Å². The van der Waals surface area contributed by atoms with Gasteiger partial charge in [0, 0.05) is 6.61 Å². The molecule has 0 radical (unpaired) electrons. The monoisotopic (exact) mass is 408 g/mol. The fourth-order valence-electron chi connectivity index (χ4n) is 5.56. The Morgan fingerprint density at radius 2 is 1.59 bits per heavy atom. The van der Waals surface area contributed by atoms with E-state index in [0.29, 0.717) is 30.1 Å². The molecule has 4 nitrogen and oxygen atoms in total. The molecule has 4 heteroatoms. The van der Waals surface area contributed by atoms with Crippen LogP contribution in [-0.2, 0) is 18.9 Å². The van der Waals surface area contributed by atoms with Crippen LogP contribution in [0.25, 0.3) is 0 Å². The van der Waals surface area contributed by atoms with E-state index in [9.17, 15) is 0 Å². The van der Waals surface area contributed by atoms with Crippen molar-refractivity contribution >= 4 is 0 Å². The topological polar surface area (TPSA) is 46.8 Å². The molecule has 4 fully saturated rings. The van der Waals surface area contributed by atoms with Crippen LogP contribution in [0.4, 0.5) is 0 Å². The Morgan fingerprint density at radius 1 is 0.966 bits per heavy atom. The van der Waals surface area contributed by atoms with E-state index in [1.165, 1.54) is 25.7 Å². The molecular weight excluding hydrogens is 364 g/mol. The summed E-state index contributed by atoms with van der Waals surface area (Å²) in [4.78, 5) is 0. The highest BCUT2D eigenvalue weighted by Crippen LogP contribution is 2.53. The van der Waals surface area contributed by atoms with Crippen LogP contribution in [0.5, 0.6) is 0 Å². The van der Waals surface area contributed by atoms with Gasteiger partial charge in [-0.3, -0.25) is 0 Å². The number of ether oxygens (including phenoxy) is 4. The van der Waals surface area contributed by atoms with Crippen molar-refractivity contribution in [3.8, 4) is 0 Å². The number of hydrogen-bond donors (Lipinski definition) is 0. The van der Waals surface area contributed by atoms with E-state index in [2.05, 4.69) is 48.5 Å². The molecule has 29 heavy (non-hydrogen) atoms. The highest BCUT2D eigenvalue weighted by molar-refractivity contribution is 5.07. The van der Waals surface area contributed by atoms with Crippen molar-refractivity contribution < 1.29 is 18.9 Å². The molecule has 0 aromatic heterocycles. The van der Waals surface area contributed by atoms with Crippen LogP contribution in [0.15, 0.2) is 0 Å². The minimum atomic E-state index is -0.0589. The van der Waals surface area contributed by atoms with Crippen LogP contribution < -0.4 is 0 Å². The van der Waals surface area contributed by atoms with E-state index in [1.807, 2.05) is 0 Å². The van der Waals surface area contributed by atoms with Gasteiger partial charge in [0.2, 0.25) is 0 Å². The smallest absolute Gasteiger partial charge is 0.0920 e. The maximum atomic E-state index is 6.71. The van der Waals surface area contributed by atoms with Gasteiger partial charge in [0.15, 0.2) is 0 Å². The van der Waals surface area contributed by atoms with Crippen LogP contribution in [0.3, 0.4) is 0 Å². The third-order valence-corrected chi connectivity index (χ3v) is 8.58. The lowest BCUT2D eigenvalue weighted by Crippen LogP contribution is -2.42. The molecule has 1 saturated carbocycles. The van der Waals surface area contributed by atoms with Gasteiger partial charge >= 0.3 is 0 Å². The second-order valence-corrected chi connectivity index (χ2v) is 12.0. The molecule has 3 aliphatic heterocycles. The quantitative estimate of drug-likeness (QED) is 0.414. The van der Waals surface area contributed by atoms with E-state index in [1.54, 1.807) is 0 Å². The van der Waals surface area contributed by atoms with Crippen LogP contribution in [0.1, 0.15) is 99.8 Å². The van der Waals surface area contributed by atoms with Crippen LogP contribution in [0, 0.1) is 11.8 Å². The van der Waals surface area contributed by atoms with Gasteiger partial charge in [-0.05, 0) is 105 Å². The SMILES string of the molecule is CC(CCOC(C)(CCC1OC1(C)C)C1CCC2(C)OC2C1)CCC1OC1(C)C. The Morgan fingerprint density at radius 3 is 2.17 bits per heavy atom. The molecule has 3 saturated heterocycles. The summed E-state index contributed by atoms with van der Waals surface area (Å²) in [6.45, 7) is 16.7. The third kappa shape index (κ3) is 5.02. The van der Waals surface area contributed by atoms with E-state index in [4.69, 9.17) is 18.9 Å². The van der Waals surface area contributed by atoms with Crippen LogP contribution in [-0.4, -0.2) is 47.3 Å². The van der Waals surface area contributed by atoms with Gasteiger partial charge in [-0.2, -0.15) is 0 Å². The lowest BCUT2D eigenvalue weighted by molar-refractivity contribution is -0.0934. The molecule has 0 aromatic carbocycles. The maximum absolute atomic E-state index is 6.71. The zero-order chi connectivity index (χ0) is 21.1. The molecule has 3 heterocycles. The molecular formula is C25H44O4. The summed E-state index contributed by atoms with van der Waals surface area (Å²) in [6, 6.07) is 0. The van der Waals surface area contributed by atoms with Crippen molar-refractivity contribution in [2.24, 2.45) is 11.8 Å². The van der Waals surface area contributed by atoms with Crippen LogP contribution in [0.2, 0.25) is 0 Å². The molecule has 0 amide bonds. The first-order valence-corrected chi connectivity index (χ1v) is 12.1. The first-order chi connectivity index (χ1) is 13.4. The standard InChI is InChI=1S/C25H44O4/c1-17(8-9-19-22(2,3)27-19)12-15-26-24(6,14-11-20-23(4,5)28-20)18-10-13-25(7)21(16-18)29-25/h17-21H,8-16H2,1-7H3. The van der Waals surface area contributed by atoms with Crippen molar-refractivity contribution in [3.05, 3.63) is 0 Å². The molecule has 168 valence electrons. The Balaban J connectivity index is 1.25. The van der Waals surface area contributed by atoms with Gasteiger partial charge in [-0.25, -0.2) is 0 Å². The van der Waals surface area contributed by atoms with Crippen molar-refractivity contribution in [3.63, 3.8) is 0 Å². The minimum absolute atomic E-state index is 0.0589. The zero-order valence-electron chi connectivity index (χ0n) is 19.9. The Hall–Kier alpha value is -0.160. The summed E-state index contributed by atoms with van der Waals surface area (Å²) in [5.74, 6) is 1.28. The Labute approximate surface area is 178 Å². The van der Waals surface area contributed by atoms with Crippen molar-refractivity contribution in [1.29, 1.82) is 0 Å². The van der Waals surface area contributed by atoms with Gasteiger partial charge in [0.1, 0.15) is 0 Å². The molecule has 0 spiro atoms. The molecule has 0 bridgehead atoms. The van der Waals surface area contributed by atoms with Crippen molar-refractivity contribution in [2.45, 2.75) is 141 Å². The molecule has 4 aliphatic rings. The van der Waals surface area contributed by atoms with E-state index >= 15 is 0 Å². The average molecular weight is 409 g/mol. The summed E-state index contributed by atoms with van der Waals surface area (Å²) in [6.07, 6.45) is 10.6. The van der Waals surface area contributed by atoms with Gasteiger partial charge in [0.05, 0.1) is 40.7 Å². The predicted molar refractivity (Wildman–Crippen MR) is 115 cm³/mol. The van der Waals surface area contributed by atoms with Gasteiger partial charge in [-0.1, -0.05) is 6.92 Å². The number of hydrogen-bond acceptors (Lipinski definition) is 4. The fraction of sp³-hybridized carbons (Fsp3) is 1.00. The summed E-state index contributed by atoms with van der Waals surface area (Å²) in [5, 5.41) is 0. The van der Waals surface area contributed by atoms with Gasteiger partial charge < -0.3 is 18.9 Å². The molecule has 1 aliphatic carbocycles. The van der Waals surface area contributed by atoms with E-state index in [-0.39, 0.29) is 22.4 Å². The van der Waals surface area contributed by atoms with Crippen LogP contribution >= 0.6 is 0 Å². The van der Waals surface area contributed by atoms with Crippen molar-refractivity contribution in [2.75, 3.05) is 6.61 Å². The predicted octanol–water partition coefficient (Wildman–Crippen LogP) is 5.66. The maximum Gasteiger partial charge on any atom is 0.0920 e. The summed E-state index contributed by atoms with van der Waals surface area (Å²) in [5.41, 5.74) is 0.301. The third-order valence-electron chi connectivity index (χ3n) is 8.58. The highest BCUT2D eigenvalue weighted by atomic mass is 16.6. The Kier molecular flexibility index (Phi) is 5.67. The summed E-state index contributed by atoms with van der Waals surface area (Å²) in [7, 11) is 0. The normalized spacial score (nSPS) is 41.9. The minimum Gasteiger partial charge on any atom is -0.375 e. The molecule has 0 N–H and O–H groups in total. The van der Waals surface area contributed by atoms with Crippen molar-refractivity contribution in [1.82, 2.24) is 0 Å². The first kappa shape index (κ1) is 22.0.